The summed E-state index contributed by atoms with van der Waals surface area (Å²) in [5.41, 5.74) is 7.98. The fourth-order valence-corrected chi connectivity index (χ4v) is 7.77. The van der Waals surface area contributed by atoms with E-state index in [1.807, 2.05) is 54.1 Å². The van der Waals surface area contributed by atoms with Crippen molar-refractivity contribution in [2.24, 2.45) is 18.7 Å². The first kappa shape index (κ1) is 38.9. The molecule has 1 aliphatic heterocycles. The van der Waals surface area contributed by atoms with Crippen molar-refractivity contribution in [3.05, 3.63) is 117 Å². The van der Waals surface area contributed by atoms with Gasteiger partial charge in [0.25, 0.3) is 0 Å². The third-order valence-corrected chi connectivity index (χ3v) is 10.9. The molecule has 0 spiro atoms. The van der Waals surface area contributed by atoms with Crippen molar-refractivity contribution in [3.63, 3.8) is 0 Å². The first-order chi connectivity index (χ1) is 26.7. The number of benzene rings is 2. The van der Waals surface area contributed by atoms with Crippen LogP contribution in [0.2, 0.25) is 0 Å². The molecule has 0 amide bonds. The Kier molecular flexibility index (Phi) is 12.5. The number of hydrogen-bond acceptors (Lipinski definition) is 8. The van der Waals surface area contributed by atoms with Crippen LogP contribution in [-0.4, -0.2) is 74.2 Å². The average Bonchev–Trinajstić information content (AvgIpc) is 3.64. The van der Waals surface area contributed by atoms with Gasteiger partial charge >= 0.3 is 11.9 Å². The van der Waals surface area contributed by atoms with Crippen LogP contribution >= 0.6 is 0 Å². The number of aromatic nitrogens is 5. The molecule has 14 heteroatoms. The second kappa shape index (κ2) is 17.6. The molecule has 294 valence electrons. The zero-order chi connectivity index (χ0) is 38.4. The smallest absolute Gasteiger partial charge is 0.376 e. The van der Waals surface area contributed by atoms with Gasteiger partial charge in [0.1, 0.15) is 12.2 Å². The standard InChI is InChI=1S/C41H50F3N7O4/c1-48-28-46-47-39(48)38(32-5-2-6-32)33-7-3-8-34(22-33)50-25-37-36(41(42,43)44)21-31(24-51(37)40(50)52)23-49-16-4-9-35(14-17-49)55-20-19-54-27-30-12-10-29(11-13-30)26-53-18-15-45/h3,7-8,10-13,21-22,24-25,28,32,35,38H,2,4-6,9,14-20,23,26-27,45H2,1H3/t35-,38-/m1/s1. The summed E-state index contributed by atoms with van der Waals surface area (Å²) in [4.78, 5) is 16.0. The maximum Gasteiger partial charge on any atom is 0.418 e. The molecule has 2 atom stereocenters. The van der Waals surface area contributed by atoms with E-state index in [4.69, 9.17) is 19.9 Å². The molecule has 4 heterocycles. The number of rotatable bonds is 16. The van der Waals surface area contributed by atoms with E-state index in [0.717, 1.165) is 72.0 Å². The summed E-state index contributed by atoms with van der Waals surface area (Å²) >= 11 is 0. The Labute approximate surface area is 318 Å². The number of likely N-dealkylation sites (tertiary alicyclic amines) is 1. The quantitative estimate of drug-likeness (QED) is 0.118. The van der Waals surface area contributed by atoms with Crippen LogP contribution in [0, 0.1) is 5.92 Å². The molecule has 1 saturated heterocycles. The largest absolute Gasteiger partial charge is 0.418 e. The Morgan fingerprint density at radius 3 is 2.33 bits per heavy atom. The number of halogens is 3. The molecule has 2 N–H and O–H groups in total. The third kappa shape index (κ3) is 9.38. The summed E-state index contributed by atoms with van der Waals surface area (Å²) in [7, 11) is 1.91. The minimum atomic E-state index is -4.65. The lowest BCUT2D eigenvalue weighted by Crippen LogP contribution is -2.26. The Bertz CT molecular complexity index is 2070. The van der Waals surface area contributed by atoms with Crippen molar-refractivity contribution in [1.82, 2.24) is 28.6 Å². The number of hydrogen-bond donors (Lipinski definition) is 1. The molecular weight excluding hydrogens is 711 g/mol. The first-order valence-electron chi connectivity index (χ1n) is 19.2. The van der Waals surface area contributed by atoms with Crippen molar-refractivity contribution in [3.8, 4) is 5.69 Å². The number of nitrogens with two attached hydrogens (primary N) is 1. The second-order valence-corrected chi connectivity index (χ2v) is 14.8. The van der Waals surface area contributed by atoms with E-state index in [9.17, 15) is 18.0 Å². The maximum absolute atomic E-state index is 14.6. The highest BCUT2D eigenvalue weighted by Crippen LogP contribution is 2.43. The van der Waals surface area contributed by atoms with Gasteiger partial charge in [-0.05, 0) is 85.0 Å². The Morgan fingerprint density at radius 1 is 0.891 bits per heavy atom. The number of nitrogens with zero attached hydrogens (tertiary/aromatic N) is 6. The van der Waals surface area contributed by atoms with Crippen molar-refractivity contribution in [2.75, 3.05) is 39.5 Å². The van der Waals surface area contributed by atoms with E-state index >= 15 is 0 Å². The number of aryl methyl sites for hydroxylation is 1. The highest BCUT2D eigenvalue weighted by atomic mass is 19.4. The summed E-state index contributed by atoms with van der Waals surface area (Å²) in [5.74, 6) is 1.19. The summed E-state index contributed by atoms with van der Waals surface area (Å²) in [6.45, 7) is 4.66. The van der Waals surface area contributed by atoms with Gasteiger partial charge in [0, 0.05) is 45.0 Å². The van der Waals surface area contributed by atoms with Crippen LogP contribution in [0.1, 0.15) is 78.1 Å². The minimum Gasteiger partial charge on any atom is -0.376 e. The molecule has 2 aromatic carbocycles. The number of ether oxygens (including phenoxy) is 3. The van der Waals surface area contributed by atoms with Gasteiger partial charge in [-0.1, -0.05) is 42.8 Å². The second-order valence-electron chi connectivity index (χ2n) is 14.8. The topological polar surface area (TPSA) is 114 Å². The Hall–Kier alpha value is -4.34. The lowest BCUT2D eigenvalue weighted by molar-refractivity contribution is -0.136. The van der Waals surface area contributed by atoms with E-state index < -0.39 is 17.4 Å². The lowest BCUT2D eigenvalue weighted by Gasteiger charge is -2.33. The zero-order valence-corrected chi connectivity index (χ0v) is 31.3. The Morgan fingerprint density at radius 2 is 1.65 bits per heavy atom. The molecule has 3 aromatic heterocycles. The van der Waals surface area contributed by atoms with Gasteiger partial charge in [0.15, 0.2) is 0 Å². The molecule has 7 rings (SSSR count). The van der Waals surface area contributed by atoms with E-state index in [0.29, 0.717) is 69.8 Å². The van der Waals surface area contributed by atoms with Crippen LogP contribution in [0.5, 0.6) is 0 Å². The van der Waals surface area contributed by atoms with Crippen LogP contribution in [0.4, 0.5) is 13.2 Å². The average molecular weight is 762 g/mol. The van der Waals surface area contributed by atoms with Crippen LogP contribution in [-0.2, 0) is 47.2 Å². The molecule has 0 radical (unpaired) electrons. The van der Waals surface area contributed by atoms with Crippen LogP contribution < -0.4 is 11.4 Å². The van der Waals surface area contributed by atoms with Gasteiger partial charge in [-0.3, -0.25) is 13.9 Å². The number of pyridine rings is 1. The predicted octanol–water partition coefficient (Wildman–Crippen LogP) is 6.23. The molecule has 5 aromatic rings. The lowest BCUT2D eigenvalue weighted by atomic mass is 9.72. The van der Waals surface area contributed by atoms with Crippen molar-refractivity contribution in [1.29, 1.82) is 0 Å². The zero-order valence-electron chi connectivity index (χ0n) is 31.3. The highest BCUT2D eigenvalue weighted by Gasteiger charge is 2.36. The Balaban J connectivity index is 0.987. The van der Waals surface area contributed by atoms with E-state index in [2.05, 4.69) is 15.1 Å². The molecule has 55 heavy (non-hydrogen) atoms. The van der Waals surface area contributed by atoms with E-state index in [1.54, 1.807) is 18.6 Å². The van der Waals surface area contributed by atoms with Gasteiger partial charge in [0.05, 0.1) is 55.9 Å². The number of alkyl halides is 3. The molecule has 1 saturated carbocycles. The SMILES string of the molecule is Cn1cnnc1[C@@H](c1cccc(-n2cc3c(C(F)(F)F)cc(CN4CCC[C@@H](OCCOCc5ccc(COCCN)cc5)CC4)cn3c2=O)c1)C1CCC1. The molecule has 2 fully saturated rings. The number of imidazole rings is 1. The molecule has 0 bridgehead atoms. The summed E-state index contributed by atoms with van der Waals surface area (Å²) in [5, 5.41) is 8.48. The highest BCUT2D eigenvalue weighted by molar-refractivity contribution is 5.58. The van der Waals surface area contributed by atoms with Crippen molar-refractivity contribution >= 4 is 5.52 Å². The number of fused-ring (bicyclic) bond motifs is 1. The molecule has 1 aliphatic carbocycles. The third-order valence-electron chi connectivity index (χ3n) is 10.9. The van der Waals surface area contributed by atoms with Crippen LogP contribution in [0.15, 0.2) is 78.1 Å². The van der Waals surface area contributed by atoms with Gasteiger partial charge in [-0.2, -0.15) is 13.2 Å². The first-order valence-corrected chi connectivity index (χ1v) is 19.2. The van der Waals surface area contributed by atoms with Gasteiger partial charge in [-0.15, -0.1) is 10.2 Å². The molecule has 11 nitrogen and oxygen atoms in total. The van der Waals surface area contributed by atoms with E-state index in [1.165, 1.54) is 16.8 Å². The van der Waals surface area contributed by atoms with Crippen LogP contribution in [0.25, 0.3) is 11.2 Å². The predicted molar refractivity (Wildman–Crippen MR) is 202 cm³/mol. The van der Waals surface area contributed by atoms with E-state index in [-0.39, 0.29) is 17.5 Å². The van der Waals surface area contributed by atoms with Crippen molar-refractivity contribution < 1.29 is 27.4 Å². The normalized spacial score (nSPS) is 17.7. The minimum absolute atomic E-state index is 0.0275. The fraction of sp³-hybridized carbons (Fsp3) is 0.488. The summed E-state index contributed by atoms with van der Waals surface area (Å²) < 4.78 is 65.6. The van der Waals surface area contributed by atoms with Crippen LogP contribution in [0.3, 0.4) is 0 Å². The monoisotopic (exact) mass is 761 g/mol. The summed E-state index contributed by atoms with van der Waals surface area (Å²) in [6.07, 6.45) is 5.65. The summed E-state index contributed by atoms with van der Waals surface area (Å²) in [6, 6.07) is 16.8. The van der Waals surface area contributed by atoms with Gasteiger partial charge < -0.3 is 24.5 Å². The molecule has 0 unspecified atom stereocenters. The van der Waals surface area contributed by atoms with Gasteiger partial charge in [-0.25, -0.2) is 4.79 Å². The fourth-order valence-electron chi connectivity index (χ4n) is 7.77. The maximum atomic E-state index is 14.6. The van der Waals surface area contributed by atoms with Crippen molar-refractivity contribution in [2.45, 2.75) is 76.5 Å². The molecule has 2 aliphatic rings. The van der Waals surface area contributed by atoms with Gasteiger partial charge in [0.2, 0.25) is 0 Å². The molecular formula is C41H50F3N7O4.